The zero-order valence-electron chi connectivity index (χ0n) is 13.8. The van der Waals surface area contributed by atoms with E-state index in [2.05, 4.69) is 5.32 Å². The van der Waals surface area contributed by atoms with Crippen LogP contribution in [0.25, 0.3) is 0 Å². The largest absolute Gasteiger partial charge is 0.490 e. The van der Waals surface area contributed by atoms with E-state index in [9.17, 15) is 9.59 Å². The number of furan rings is 1. The van der Waals surface area contributed by atoms with Gasteiger partial charge in [0.05, 0.1) is 25.0 Å². The highest BCUT2D eigenvalue weighted by atomic mass is 16.5. The molecule has 2 aromatic rings. The van der Waals surface area contributed by atoms with E-state index in [4.69, 9.17) is 19.0 Å². The maximum atomic E-state index is 12.4. The number of fused-ring (bicyclic) bond motifs is 1. The lowest BCUT2D eigenvalue weighted by Gasteiger charge is -2.10. The lowest BCUT2D eigenvalue weighted by molar-refractivity contribution is -0.136. The molecule has 0 fully saturated rings. The summed E-state index contributed by atoms with van der Waals surface area (Å²) in [6, 6.07) is 5.51. The van der Waals surface area contributed by atoms with Crippen molar-refractivity contribution < 1.29 is 28.6 Å². The summed E-state index contributed by atoms with van der Waals surface area (Å²) in [4.78, 5) is 23.3. The fourth-order valence-corrected chi connectivity index (χ4v) is 2.66. The monoisotopic (exact) mass is 345 g/mol. The second kappa shape index (κ2) is 7.29. The fraction of sp³-hybridized carbons (Fsp3) is 0.333. The predicted molar refractivity (Wildman–Crippen MR) is 88.0 cm³/mol. The summed E-state index contributed by atoms with van der Waals surface area (Å²) in [6.45, 7) is 3.20. The first-order valence-corrected chi connectivity index (χ1v) is 8.00. The SMILES string of the molecule is Cc1coc(CC(=O)O)c1C(=O)NCc1ccc2c(c1)OCCCO2. The summed E-state index contributed by atoms with van der Waals surface area (Å²) in [7, 11) is 0. The third-order valence-corrected chi connectivity index (χ3v) is 3.85. The minimum Gasteiger partial charge on any atom is -0.490 e. The van der Waals surface area contributed by atoms with Crippen LogP contribution in [0.1, 0.15) is 33.7 Å². The molecule has 1 aromatic carbocycles. The number of rotatable bonds is 5. The van der Waals surface area contributed by atoms with E-state index in [1.807, 2.05) is 18.2 Å². The first-order chi connectivity index (χ1) is 12.0. The zero-order chi connectivity index (χ0) is 17.8. The first-order valence-electron chi connectivity index (χ1n) is 8.00. The lowest BCUT2D eigenvalue weighted by atomic mass is 10.1. The number of aryl methyl sites for hydroxylation is 1. The Bertz CT molecular complexity index is 795. The van der Waals surface area contributed by atoms with Crippen LogP contribution in [0.4, 0.5) is 0 Å². The van der Waals surface area contributed by atoms with Crippen LogP contribution in [0.15, 0.2) is 28.9 Å². The second-order valence-electron chi connectivity index (χ2n) is 5.80. The van der Waals surface area contributed by atoms with Crippen molar-refractivity contribution in [3.05, 3.63) is 46.9 Å². The molecule has 0 aliphatic carbocycles. The second-order valence-corrected chi connectivity index (χ2v) is 5.80. The third kappa shape index (κ3) is 3.93. The van der Waals surface area contributed by atoms with E-state index in [0.29, 0.717) is 30.3 Å². The molecular formula is C18H19NO6. The average Bonchev–Trinajstić information content (AvgIpc) is 2.80. The highest BCUT2D eigenvalue weighted by Gasteiger charge is 2.20. The molecule has 3 rings (SSSR count). The molecule has 2 N–H and O–H groups in total. The molecule has 2 heterocycles. The van der Waals surface area contributed by atoms with E-state index in [1.54, 1.807) is 6.92 Å². The van der Waals surface area contributed by atoms with Crippen LogP contribution >= 0.6 is 0 Å². The molecule has 0 saturated heterocycles. The lowest BCUT2D eigenvalue weighted by Crippen LogP contribution is -2.24. The fourth-order valence-electron chi connectivity index (χ4n) is 2.66. The summed E-state index contributed by atoms with van der Waals surface area (Å²) in [5.74, 6) is 0.0966. The number of nitrogens with one attached hydrogen (secondary N) is 1. The number of amides is 1. The molecule has 1 amide bonds. The highest BCUT2D eigenvalue weighted by Crippen LogP contribution is 2.30. The average molecular weight is 345 g/mol. The molecule has 0 atom stereocenters. The molecule has 0 bridgehead atoms. The summed E-state index contributed by atoms with van der Waals surface area (Å²) in [6.07, 6.45) is 1.88. The van der Waals surface area contributed by atoms with Gasteiger partial charge in [-0.2, -0.15) is 0 Å². The molecule has 0 saturated carbocycles. The normalized spacial score (nSPS) is 13.2. The topological polar surface area (TPSA) is 98.0 Å². The number of carboxylic acid groups (broad SMARTS) is 1. The van der Waals surface area contributed by atoms with Crippen molar-refractivity contribution in [2.24, 2.45) is 0 Å². The highest BCUT2D eigenvalue weighted by molar-refractivity contribution is 5.97. The Hall–Kier alpha value is -2.96. The van der Waals surface area contributed by atoms with E-state index in [0.717, 1.165) is 12.0 Å². The van der Waals surface area contributed by atoms with Gasteiger partial charge in [-0.25, -0.2) is 0 Å². The van der Waals surface area contributed by atoms with Crippen LogP contribution in [0.2, 0.25) is 0 Å². The van der Waals surface area contributed by atoms with Crippen LogP contribution in [-0.4, -0.2) is 30.2 Å². The quantitative estimate of drug-likeness (QED) is 0.863. The van der Waals surface area contributed by atoms with Crippen LogP contribution in [0.5, 0.6) is 11.5 Å². The van der Waals surface area contributed by atoms with E-state index >= 15 is 0 Å². The third-order valence-electron chi connectivity index (χ3n) is 3.85. The van der Waals surface area contributed by atoms with Gasteiger partial charge in [-0.05, 0) is 24.6 Å². The molecule has 0 unspecified atom stereocenters. The molecule has 7 nitrogen and oxygen atoms in total. The zero-order valence-corrected chi connectivity index (χ0v) is 13.8. The molecule has 0 spiro atoms. The number of hydrogen-bond acceptors (Lipinski definition) is 5. The standard InChI is InChI=1S/C18H19NO6/c1-11-10-25-15(8-16(20)21)17(11)18(22)19-9-12-3-4-13-14(7-12)24-6-2-5-23-13/h3-4,7,10H,2,5-6,8-9H2,1H3,(H,19,22)(H,20,21). The van der Waals surface area contributed by atoms with Crippen LogP contribution in [0.3, 0.4) is 0 Å². The van der Waals surface area contributed by atoms with Crippen LogP contribution in [-0.2, 0) is 17.8 Å². The number of ether oxygens (including phenoxy) is 2. The van der Waals surface area contributed by atoms with Gasteiger partial charge < -0.3 is 24.3 Å². The van der Waals surface area contributed by atoms with Gasteiger partial charge in [-0.15, -0.1) is 0 Å². The van der Waals surface area contributed by atoms with Crippen molar-refractivity contribution in [2.75, 3.05) is 13.2 Å². The molecule has 1 aliphatic rings. The molecule has 1 aliphatic heterocycles. The molecule has 132 valence electrons. The number of carbonyl (C=O) groups excluding carboxylic acids is 1. The smallest absolute Gasteiger partial charge is 0.311 e. The van der Waals surface area contributed by atoms with E-state index in [1.165, 1.54) is 6.26 Å². The maximum absolute atomic E-state index is 12.4. The number of carboxylic acids is 1. The Morgan fingerprint density at radius 3 is 2.72 bits per heavy atom. The summed E-state index contributed by atoms with van der Waals surface area (Å²) in [5, 5.41) is 11.7. The summed E-state index contributed by atoms with van der Waals surface area (Å²) < 4.78 is 16.4. The van der Waals surface area contributed by atoms with Gasteiger partial charge in [0.15, 0.2) is 11.5 Å². The van der Waals surface area contributed by atoms with Crippen LogP contribution < -0.4 is 14.8 Å². The molecule has 0 radical (unpaired) electrons. The van der Waals surface area contributed by atoms with Crippen LogP contribution in [0, 0.1) is 6.92 Å². The molecular weight excluding hydrogens is 326 g/mol. The first kappa shape index (κ1) is 16.9. The van der Waals surface area contributed by atoms with Crippen molar-refractivity contribution in [2.45, 2.75) is 26.3 Å². The van der Waals surface area contributed by atoms with Crippen molar-refractivity contribution >= 4 is 11.9 Å². The minimum absolute atomic E-state index is 0.154. The Labute approximate surface area is 144 Å². The van der Waals surface area contributed by atoms with E-state index < -0.39 is 5.97 Å². The Morgan fingerprint density at radius 1 is 1.20 bits per heavy atom. The van der Waals surface area contributed by atoms with Gasteiger partial charge in [0.2, 0.25) is 0 Å². The number of hydrogen-bond donors (Lipinski definition) is 2. The van der Waals surface area contributed by atoms with Gasteiger partial charge in [-0.3, -0.25) is 9.59 Å². The van der Waals surface area contributed by atoms with Gasteiger partial charge in [0, 0.05) is 18.5 Å². The Balaban J connectivity index is 1.70. The van der Waals surface area contributed by atoms with Crippen molar-refractivity contribution in [3.63, 3.8) is 0 Å². The number of carbonyl (C=O) groups is 2. The van der Waals surface area contributed by atoms with Crippen molar-refractivity contribution in [1.29, 1.82) is 0 Å². The summed E-state index contributed by atoms with van der Waals surface area (Å²) in [5.41, 5.74) is 1.74. The summed E-state index contributed by atoms with van der Waals surface area (Å²) >= 11 is 0. The van der Waals surface area contributed by atoms with Crippen molar-refractivity contribution in [3.8, 4) is 11.5 Å². The Morgan fingerprint density at radius 2 is 1.96 bits per heavy atom. The molecule has 7 heteroatoms. The number of aliphatic carboxylic acids is 1. The predicted octanol–water partition coefficient (Wildman–Crippen LogP) is 2.31. The van der Waals surface area contributed by atoms with E-state index in [-0.39, 0.29) is 30.2 Å². The van der Waals surface area contributed by atoms with Gasteiger partial charge in [0.25, 0.3) is 5.91 Å². The van der Waals surface area contributed by atoms with Gasteiger partial charge in [-0.1, -0.05) is 6.07 Å². The Kier molecular flexibility index (Phi) is 4.92. The number of benzene rings is 1. The van der Waals surface area contributed by atoms with Gasteiger partial charge >= 0.3 is 5.97 Å². The van der Waals surface area contributed by atoms with Gasteiger partial charge in [0.1, 0.15) is 12.2 Å². The molecule has 1 aromatic heterocycles. The minimum atomic E-state index is -1.05. The van der Waals surface area contributed by atoms with Crippen molar-refractivity contribution in [1.82, 2.24) is 5.32 Å². The molecule has 25 heavy (non-hydrogen) atoms. The maximum Gasteiger partial charge on any atom is 0.311 e.